The van der Waals surface area contributed by atoms with Crippen LogP contribution in [0, 0.1) is 0 Å². The maximum atomic E-state index is 10.3. The molecule has 11 heteroatoms. The quantitative estimate of drug-likeness (QED) is 0.245. The molecule has 0 radical (unpaired) electrons. The second kappa shape index (κ2) is 16.8. The van der Waals surface area contributed by atoms with Gasteiger partial charge in [-0.3, -0.25) is 4.90 Å². The molecule has 0 aliphatic carbocycles. The molecule has 0 saturated heterocycles. The molecule has 0 saturated carbocycles. The number of hydrogen-bond donors (Lipinski definition) is 2. The van der Waals surface area contributed by atoms with E-state index in [1.165, 1.54) is 0 Å². The number of aromatic nitrogens is 4. The van der Waals surface area contributed by atoms with Gasteiger partial charge in [-0.05, 0) is 70.7 Å². The van der Waals surface area contributed by atoms with E-state index >= 15 is 0 Å². The Morgan fingerprint density at radius 3 is 2.25 bits per heavy atom. The Kier molecular flexibility index (Phi) is 16.0. The van der Waals surface area contributed by atoms with Gasteiger partial charge < -0.3 is 19.9 Å². The Labute approximate surface area is 234 Å². The highest BCUT2D eigenvalue weighted by molar-refractivity contribution is 5.86. The highest BCUT2D eigenvalue weighted by Gasteiger charge is 2.15. The van der Waals surface area contributed by atoms with Crippen molar-refractivity contribution in [3.8, 4) is 5.75 Å². The summed E-state index contributed by atoms with van der Waals surface area (Å²) < 4.78 is 2.15. The van der Waals surface area contributed by atoms with Gasteiger partial charge in [-0.25, -0.2) is 15.0 Å². The largest absolute Gasteiger partial charge is 0.508 e. The van der Waals surface area contributed by atoms with E-state index in [1.807, 2.05) is 18.5 Å². The summed E-state index contributed by atoms with van der Waals surface area (Å²) in [7, 11) is 0. The van der Waals surface area contributed by atoms with Crippen molar-refractivity contribution in [2.75, 3.05) is 38.0 Å². The van der Waals surface area contributed by atoms with Crippen molar-refractivity contribution in [2.24, 2.45) is 0 Å². The summed E-state index contributed by atoms with van der Waals surface area (Å²) in [5, 5.41) is 13.7. The third kappa shape index (κ3) is 8.63. The van der Waals surface area contributed by atoms with Gasteiger partial charge in [-0.15, -0.1) is 37.2 Å². The smallest absolute Gasteiger partial charge is 0.165 e. The molecule has 3 aromatic rings. The zero-order valence-corrected chi connectivity index (χ0v) is 24.4. The predicted molar refractivity (Wildman–Crippen MR) is 157 cm³/mol. The SMILES string of the molecule is CCN(CC)CCCC(C)n1cnc2c(Nc3ccc(O)c(CN(CC)CC)c3)ncnc21.Cl.Cl.Cl. The summed E-state index contributed by atoms with van der Waals surface area (Å²) in [5.74, 6) is 0.983. The lowest BCUT2D eigenvalue weighted by Gasteiger charge is -2.20. The number of rotatable bonds is 13. The van der Waals surface area contributed by atoms with E-state index in [0.29, 0.717) is 24.2 Å². The number of nitrogens with zero attached hydrogens (tertiary/aromatic N) is 6. The van der Waals surface area contributed by atoms with Crippen LogP contribution in [-0.4, -0.2) is 67.1 Å². The third-order valence-corrected chi connectivity index (χ3v) is 6.45. The highest BCUT2D eigenvalue weighted by Crippen LogP contribution is 2.28. The van der Waals surface area contributed by atoms with Crippen molar-refractivity contribution in [3.63, 3.8) is 0 Å². The first-order valence-electron chi connectivity index (χ1n) is 12.2. The lowest BCUT2D eigenvalue weighted by atomic mass is 10.1. The van der Waals surface area contributed by atoms with Crippen molar-refractivity contribution >= 4 is 59.9 Å². The molecule has 0 fully saturated rings. The van der Waals surface area contributed by atoms with Crippen molar-refractivity contribution in [1.29, 1.82) is 0 Å². The molecule has 204 valence electrons. The van der Waals surface area contributed by atoms with Crippen LogP contribution in [0.2, 0.25) is 0 Å². The average Bonchev–Trinajstić information content (AvgIpc) is 3.27. The van der Waals surface area contributed by atoms with Gasteiger partial charge in [0.05, 0.1) is 6.33 Å². The summed E-state index contributed by atoms with van der Waals surface area (Å²) in [6, 6.07) is 5.88. The molecular weight excluding hydrogens is 521 g/mol. The normalized spacial score (nSPS) is 11.6. The van der Waals surface area contributed by atoms with E-state index in [2.05, 4.69) is 69.3 Å². The maximum Gasteiger partial charge on any atom is 0.165 e. The molecule has 0 spiro atoms. The molecule has 36 heavy (non-hydrogen) atoms. The van der Waals surface area contributed by atoms with Crippen molar-refractivity contribution in [2.45, 2.75) is 60.0 Å². The van der Waals surface area contributed by atoms with Crippen LogP contribution in [0.4, 0.5) is 11.5 Å². The van der Waals surface area contributed by atoms with Crippen LogP contribution >= 0.6 is 37.2 Å². The first kappa shape index (κ1) is 34.2. The van der Waals surface area contributed by atoms with Crippen LogP contribution < -0.4 is 5.32 Å². The van der Waals surface area contributed by atoms with E-state index in [9.17, 15) is 5.11 Å². The molecule has 1 atom stereocenters. The van der Waals surface area contributed by atoms with E-state index in [0.717, 1.165) is 68.0 Å². The number of hydrogen-bond acceptors (Lipinski definition) is 7. The maximum absolute atomic E-state index is 10.3. The summed E-state index contributed by atoms with van der Waals surface area (Å²) >= 11 is 0. The lowest BCUT2D eigenvalue weighted by Crippen LogP contribution is -2.24. The Balaban J connectivity index is 0.00000408. The Morgan fingerprint density at radius 1 is 0.944 bits per heavy atom. The minimum absolute atomic E-state index is 0. The van der Waals surface area contributed by atoms with Gasteiger partial charge >= 0.3 is 0 Å². The molecule has 8 nitrogen and oxygen atoms in total. The molecule has 3 rings (SSSR count). The molecule has 2 aromatic heterocycles. The first-order valence-corrected chi connectivity index (χ1v) is 12.2. The molecule has 0 aliphatic rings. The van der Waals surface area contributed by atoms with E-state index in [4.69, 9.17) is 0 Å². The fourth-order valence-electron chi connectivity index (χ4n) is 4.17. The second-order valence-electron chi connectivity index (χ2n) is 8.49. The van der Waals surface area contributed by atoms with Gasteiger partial charge in [-0.2, -0.15) is 0 Å². The summed E-state index contributed by atoms with van der Waals surface area (Å²) in [6.45, 7) is 16.8. The van der Waals surface area contributed by atoms with Crippen LogP contribution in [0.15, 0.2) is 30.9 Å². The Hall–Kier alpha value is -1.84. The molecule has 0 amide bonds. The highest BCUT2D eigenvalue weighted by atomic mass is 35.5. The van der Waals surface area contributed by atoms with Crippen molar-refractivity contribution < 1.29 is 5.11 Å². The fourth-order valence-corrected chi connectivity index (χ4v) is 4.17. The topological polar surface area (TPSA) is 82.3 Å². The summed E-state index contributed by atoms with van der Waals surface area (Å²) in [6.07, 6.45) is 5.67. The number of anilines is 2. The van der Waals surface area contributed by atoms with Gasteiger partial charge in [0.1, 0.15) is 12.1 Å². The summed E-state index contributed by atoms with van der Waals surface area (Å²) in [5.41, 5.74) is 3.36. The predicted octanol–water partition coefficient (Wildman–Crippen LogP) is 6.07. The number of fused-ring (bicyclic) bond motifs is 1. The standard InChI is InChI=1S/C25H39N7O.3ClH/c1-6-30(7-2)14-10-11-19(5)32-18-28-23-24(26-17-27-25(23)32)29-21-12-13-22(33)20(15-21)16-31(8-3)9-4;;;/h12-13,15,17-19,33H,6-11,14,16H2,1-5H3,(H,26,27,29);3*1H. The van der Waals surface area contributed by atoms with Crippen molar-refractivity contribution in [3.05, 3.63) is 36.4 Å². The number of imidazole rings is 1. The average molecular weight is 563 g/mol. The number of nitrogens with one attached hydrogen (secondary N) is 1. The van der Waals surface area contributed by atoms with Gasteiger partial charge in [-0.1, -0.05) is 27.7 Å². The molecule has 2 N–H and O–H groups in total. The van der Waals surface area contributed by atoms with Gasteiger partial charge in [0.15, 0.2) is 17.0 Å². The summed E-state index contributed by atoms with van der Waals surface area (Å²) in [4.78, 5) is 18.3. The van der Waals surface area contributed by atoms with Gasteiger partial charge in [0.25, 0.3) is 0 Å². The molecule has 0 bridgehead atoms. The van der Waals surface area contributed by atoms with Crippen LogP contribution in [0.5, 0.6) is 5.75 Å². The van der Waals surface area contributed by atoms with E-state index in [1.54, 1.807) is 12.4 Å². The monoisotopic (exact) mass is 561 g/mol. The molecule has 1 unspecified atom stereocenters. The minimum atomic E-state index is 0. The van der Waals surface area contributed by atoms with Crippen LogP contribution in [0.25, 0.3) is 11.2 Å². The first-order chi connectivity index (χ1) is 16.0. The Bertz CT molecular complexity index is 1030. The third-order valence-electron chi connectivity index (χ3n) is 6.45. The zero-order valence-electron chi connectivity index (χ0n) is 22.0. The number of phenolic OH excluding ortho intramolecular Hbond substituents is 1. The van der Waals surface area contributed by atoms with Crippen LogP contribution in [0.1, 0.15) is 59.1 Å². The minimum Gasteiger partial charge on any atom is -0.508 e. The molecule has 1 aromatic carbocycles. The second-order valence-corrected chi connectivity index (χ2v) is 8.49. The zero-order chi connectivity index (χ0) is 23.8. The number of phenols is 1. The van der Waals surface area contributed by atoms with Gasteiger partial charge in [0, 0.05) is 23.8 Å². The van der Waals surface area contributed by atoms with E-state index < -0.39 is 0 Å². The van der Waals surface area contributed by atoms with Crippen LogP contribution in [0.3, 0.4) is 0 Å². The van der Waals surface area contributed by atoms with Crippen molar-refractivity contribution in [1.82, 2.24) is 29.3 Å². The van der Waals surface area contributed by atoms with Crippen LogP contribution in [-0.2, 0) is 6.54 Å². The van der Waals surface area contributed by atoms with Gasteiger partial charge in [0.2, 0.25) is 0 Å². The number of benzene rings is 1. The number of halogens is 3. The molecular formula is C25H42Cl3N7O. The Morgan fingerprint density at radius 2 is 1.61 bits per heavy atom. The molecule has 0 aliphatic heterocycles. The fraction of sp³-hybridized carbons (Fsp3) is 0.560. The molecule has 2 heterocycles. The lowest BCUT2D eigenvalue weighted by molar-refractivity contribution is 0.288. The number of aromatic hydroxyl groups is 1. The van der Waals surface area contributed by atoms with E-state index in [-0.39, 0.29) is 37.2 Å².